The maximum Gasteiger partial charge on any atom is 0.329 e. The molecule has 3 aromatic rings. The molecule has 0 saturated heterocycles. The molecule has 0 radical (unpaired) electrons. The van der Waals surface area contributed by atoms with E-state index in [0.29, 0.717) is 12.8 Å². The van der Waals surface area contributed by atoms with Crippen molar-refractivity contribution in [1.29, 1.82) is 0 Å². The summed E-state index contributed by atoms with van der Waals surface area (Å²) in [7, 11) is 0. The number of ether oxygens (including phenoxy) is 1. The minimum absolute atomic E-state index is 0.158. The largest absolute Gasteiger partial charge is 0.458 e. The predicted molar refractivity (Wildman–Crippen MR) is 135 cm³/mol. The number of H-pyrrole nitrogens is 1. The van der Waals surface area contributed by atoms with E-state index < -0.39 is 29.6 Å². The molecular formula is C28H33N3O4. The van der Waals surface area contributed by atoms with Crippen molar-refractivity contribution in [3.05, 3.63) is 71.4 Å². The zero-order valence-electron chi connectivity index (χ0n) is 20.7. The number of carbonyl (C=O) groups excluding carboxylic acids is 3. The average Bonchev–Trinajstić information content (AvgIpc) is 3.42. The number of esters is 1. The Morgan fingerprint density at radius 3 is 2.29 bits per heavy atom. The molecule has 35 heavy (non-hydrogen) atoms. The average molecular weight is 476 g/mol. The van der Waals surface area contributed by atoms with E-state index in [1.165, 1.54) is 11.1 Å². The van der Waals surface area contributed by atoms with Gasteiger partial charge in [-0.05, 0) is 63.3 Å². The van der Waals surface area contributed by atoms with Crippen LogP contribution >= 0.6 is 0 Å². The number of nitrogens with one attached hydrogen (secondary N) is 3. The SMILES string of the molecule is CC(NC(=O)C1Cc2ccccc2C1)C(=O)NC(Cc1c[nH]c2ccccc12)C(=O)OC(C)(C)C. The smallest absolute Gasteiger partial charge is 0.329 e. The topological polar surface area (TPSA) is 100 Å². The van der Waals surface area contributed by atoms with Crippen molar-refractivity contribution in [2.45, 2.75) is 64.6 Å². The van der Waals surface area contributed by atoms with Crippen LogP contribution in [0.5, 0.6) is 0 Å². The lowest BCUT2D eigenvalue weighted by atomic mass is 10.0. The Bertz CT molecular complexity index is 1220. The van der Waals surface area contributed by atoms with Crippen LogP contribution in [0.25, 0.3) is 10.9 Å². The molecule has 2 unspecified atom stereocenters. The van der Waals surface area contributed by atoms with Crippen molar-refractivity contribution in [2.75, 3.05) is 0 Å². The molecule has 1 aliphatic carbocycles. The quantitative estimate of drug-likeness (QED) is 0.456. The molecule has 1 aromatic heterocycles. The van der Waals surface area contributed by atoms with Crippen LogP contribution in [0.15, 0.2) is 54.7 Å². The Morgan fingerprint density at radius 2 is 1.63 bits per heavy atom. The number of fused-ring (bicyclic) bond motifs is 2. The lowest BCUT2D eigenvalue weighted by molar-refractivity contribution is -0.158. The zero-order valence-corrected chi connectivity index (χ0v) is 20.7. The second kappa shape index (κ2) is 9.94. The monoisotopic (exact) mass is 475 g/mol. The van der Waals surface area contributed by atoms with Gasteiger partial charge in [0, 0.05) is 29.4 Å². The third kappa shape index (κ3) is 5.91. The van der Waals surface area contributed by atoms with E-state index in [9.17, 15) is 14.4 Å². The van der Waals surface area contributed by atoms with Crippen molar-refractivity contribution in [1.82, 2.24) is 15.6 Å². The number of amides is 2. The molecule has 1 heterocycles. The van der Waals surface area contributed by atoms with E-state index in [4.69, 9.17) is 4.74 Å². The Balaban J connectivity index is 1.43. The maximum absolute atomic E-state index is 13.0. The summed E-state index contributed by atoms with van der Waals surface area (Å²) in [6.07, 6.45) is 3.44. The molecule has 0 spiro atoms. The molecule has 4 rings (SSSR count). The summed E-state index contributed by atoms with van der Waals surface area (Å²) < 4.78 is 5.59. The Hall–Kier alpha value is -3.61. The third-order valence-corrected chi connectivity index (χ3v) is 6.28. The molecule has 2 atom stereocenters. The fraction of sp³-hybridized carbons (Fsp3) is 0.393. The number of aromatic amines is 1. The molecule has 0 aliphatic heterocycles. The summed E-state index contributed by atoms with van der Waals surface area (Å²) >= 11 is 0. The van der Waals surface area contributed by atoms with Crippen molar-refractivity contribution in [2.24, 2.45) is 5.92 Å². The van der Waals surface area contributed by atoms with Gasteiger partial charge in [-0.1, -0.05) is 42.5 Å². The number of carbonyl (C=O) groups is 3. The van der Waals surface area contributed by atoms with Crippen LogP contribution in [-0.4, -0.2) is 40.5 Å². The van der Waals surface area contributed by atoms with Gasteiger partial charge < -0.3 is 20.4 Å². The molecule has 0 fully saturated rings. The Labute approximate surface area is 205 Å². The van der Waals surface area contributed by atoms with Crippen LogP contribution in [0.1, 0.15) is 44.4 Å². The lowest BCUT2D eigenvalue weighted by Crippen LogP contribution is -2.53. The molecule has 7 heteroatoms. The first-order valence-electron chi connectivity index (χ1n) is 12.1. The number of hydrogen-bond donors (Lipinski definition) is 3. The molecular weight excluding hydrogens is 442 g/mol. The van der Waals surface area contributed by atoms with Crippen LogP contribution in [0.2, 0.25) is 0 Å². The molecule has 0 saturated carbocycles. The van der Waals surface area contributed by atoms with Crippen LogP contribution < -0.4 is 10.6 Å². The molecule has 7 nitrogen and oxygen atoms in total. The van der Waals surface area contributed by atoms with Crippen LogP contribution in [0, 0.1) is 5.92 Å². The highest BCUT2D eigenvalue weighted by molar-refractivity contribution is 5.92. The first kappa shape index (κ1) is 24.5. The van der Waals surface area contributed by atoms with E-state index in [-0.39, 0.29) is 18.2 Å². The van der Waals surface area contributed by atoms with Gasteiger partial charge in [0.15, 0.2) is 0 Å². The maximum atomic E-state index is 13.0. The van der Waals surface area contributed by atoms with E-state index in [0.717, 1.165) is 16.5 Å². The minimum Gasteiger partial charge on any atom is -0.458 e. The second-order valence-electron chi connectivity index (χ2n) is 10.3. The first-order valence-corrected chi connectivity index (χ1v) is 12.1. The van der Waals surface area contributed by atoms with E-state index in [2.05, 4.69) is 15.6 Å². The summed E-state index contributed by atoms with van der Waals surface area (Å²) in [6, 6.07) is 14.1. The van der Waals surface area contributed by atoms with E-state index in [1.807, 2.05) is 54.7 Å². The fourth-order valence-corrected chi connectivity index (χ4v) is 4.52. The molecule has 184 valence electrons. The summed E-state index contributed by atoms with van der Waals surface area (Å²) in [6.45, 7) is 7.00. The predicted octanol–water partition coefficient (Wildman–Crippen LogP) is 3.46. The third-order valence-electron chi connectivity index (χ3n) is 6.28. The van der Waals surface area contributed by atoms with Gasteiger partial charge in [0.2, 0.25) is 11.8 Å². The Kier molecular flexibility index (Phi) is 6.96. The standard InChI is InChI=1S/C28H33N3O4/c1-17(30-26(33)20-13-18-9-5-6-10-19(18)14-20)25(32)31-24(27(34)35-28(2,3)4)15-21-16-29-23-12-8-7-11-22(21)23/h5-12,16-17,20,24,29H,13-15H2,1-4H3,(H,30,33)(H,31,32). The number of para-hydroxylation sites is 1. The van der Waals surface area contributed by atoms with Gasteiger partial charge >= 0.3 is 5.97 Å². The molecule has 0 bridgehead atoms. The van der Waals surface area contributed by atoms with Gasteiger partial charge in [0.1, 0.15) is 17.7 Å². The van der Waals surface area contributed by atoms with Crippen LogP contribution in [0.3, 0.4) is 0 Å². The highest BCUT2D eigenvalue weighted by Gasteiger charge is 2.32. The van der Waals surface area contributed by atoms with Gasteiger partial charge in [-0.25, -0.2) is 4.79 Å². The fourth-order valence-electron chi connectivity index (χ4n) is 4.52. The molecule has 3 N–H and O–H groups in total. The normalized spacial score (nSPS) is 15.3. The summed E-state index contributed by atoms with van der Waals surface area (Å²) in [5, 5.41) is 6.63. The van der Waals surface area contributed by atoms with E-state index >= 15 is 0 Å². The number of benzene rings is 2. The summed E-state index contributed by atoms with van der Waals surface area (Å²) in [5.41, 5.74) is 3.51. The minimum atomic E-state index is -0.893. The van der Waals surface area contributed by atoms with Crippen molar-refractivity contribution in [3.63, 3.8) is 0 Å². The lowest BCUT2D eigenvalue weighted by Gasteiger charge is -2.26. The molecule has 1 aliphatic rings. The van der Waals surface area contributed by atoms with Crippen LogP contribution in [0.4, 0.5) is 0 Å². The highest BCUT2D eigenvalue weighted by Crippen LogP contribution is 2.26. The summed E-state index contributed by atoms with van der Waals surface area (Å²) in [4.78, 5) is 42.1. The first-order chi connectivity index (χ1) is 16.6. The number of rotatable bonds is 7. The Morgan fingerprint density at radius 1 is 1.00 bits per heavy atom. The highest BCUT2D eigenvalue weighted by atomic mass is 16.6. The van der Waals surface area contributed by atoms with Gasteiger partial charge in [-0.15, -0.1) is 0 Å². The van der Waals surface area contributed by atoms with Gasteiger partial charge in [-0.2, -0.15) is 0 Å². The zero-order chi connectivity index (χ0) is 25.2. The molecule has 2 aromatic carbocycles. The van der Waals surface area contributed by atoms with Gasteiger partial charge in [0.05, 0.1) is 0 Å². The van der Waals surface area contributed by atoms with Crippen molar-refractivity contribution < 1.29 is 19.1 Å². The number of aromatic nitrogens is 1. The van der Waals surface area contributed by atoms with Crippen LogP contribution in [-0.2, 0) is 38.4 Å². The molecule has 2 amide bonds. The van der Waals surface area contributed by atoms with Crippen molar-refractivity contribution in [3.8, 4) is 0 Å². The van der Waals surface area contributed by atoms with E-state index in [1.54, 1.807) is 27.7 Å². The van der Waals surface area contributed by atoms with Gasteiger partial charge in [-0.3, -0.25) is 9.59 Å². The summed E-state index contributed by atoms with van der Waals surface area (Å²) in [5.74, 6) is -1.30. The second-order valence-corrected chi connectivity index (χ2v) is 10.3. The van der Waals surface area contributed by atoms with Crippen molar-refractivity contribution >= 4 is 28.7 Å². The van der Waals surface area contributed by atoms with Gasteiger partial charge in [0.25, 0.3) is 0 Å². The number of hydrogen-bond acceptors (Lipinski definition) is 4.